The van der Waals surface area contributed by atoms with E-state index in [1.807, 2.05) is 27.7 Å². The van der Waals surface area contributed by atoms with Crippen LogP contribution in [-0.2, 0) is 14.3 Å². The highest BCUT2D eigenvalue weighted by Crippen LogP contribution is 2.00. The predicted octanol–water partition coefficient (Wildman–Crippen LogP) is 0.0883. The fraction of sp³-hybridized carbons (Fsp3) is 0.875. The van der Waals surface area contributed by atoms with E-state index in [4.69, 9.17) is 9.47 Å². The molecular weight excluding hydrogens is 171 g/mol. The highest BCUT2D eigenvalue weighted by molar-refractivity contribution is 5.75. The molecule has 0 aromatic carbocycles. The largest absolute Gasteiger partial charge is 0.343 e. The molecule has 0 saturated heterocycles. The number of hydrogen-bond donors (Lipinski definition) is 0. The molecule has 0 amide bonds. The first-order chi connectivity index (χ1) is 5.06. The molecule has 0 spiro atoms. The van der Waals surface area contributed by atoms with E-state index in [1.165, 1.54) is 0 Å². The van der Waals surface area contributed by atoms with Crippen LogP contribution in [0.1, 0.15) is 27.7 Å². The lowest BCUT2D eigenvalue weighted by Crippen LogP contribution is -2.25. The van der Waals surface area contributed by atoms with Crippen molar-refractivity contribution in [2.24, 2.45) is 0 Å². The zero-order valence-electron chi connectivity index (χ0n) is 7.46. The van der Waals surface area contributed by atoms with Gasteiger partial charge in [-0.1, -0.05) is 0 Å². The van der Waals surface area contributed by atoms with Crippen molar-refractivity contribution in [2.75, 3.05) is 0 Å². The Kier molecular flexibility index (Phi) is 9.46. The van der Waals surface area contributed by atoms with E-state index >= 15 is 0 Å². The summed E-state index contributed by atoms with van der Waals surface area (Å²) in [6.07, 6.45) is 0.805. The first-order valence-electron chi connectivity index (χ1n) is 3.75. The zero-order valence-corrected chi connectivity index (χ0v) is 7.46. The van der Waals surface area contributed by atoms with E-state index in [-0.39, 0.29) is 29.6 Å². The average molecular weight is 189 g/mol. The average Bonchev–Trinajstić information content (AvgIpc) is 1.84. The minimum atomic E-state index is -0.838. The molecule has 0 aliphatic rings. The molecule has 0 unspecified atom stereocenters. The molecule has 0 rings (SSSR count). The minimum Gasteiger partial charge on any atom is -0.343 e. The number of rotatable bonds is 5. The van der Waals surface area contributed by atoms with E-state index in [2.05, 4.69) is 0 Å². The van der Waals surface area contributed by atoms with Gasteiger partial charge in [0.05, 0.1) is 12.2 Å². The lowest BCUT2D eigenvalue weighted by molar-refractivity contribution is -0.140. The van der Waals surface area contributed by atoms with Crippen LogP contribution >= 0.6 is 0 Å². The number of carbonyl (C=O) groups excluding carboxylic acids is 1. The molecule has 3 nitrogen and oxygen atoms in total. The summed E-state index contributed by atoms with van der Waals surface area (Å²) in [6.45, 7) is 7.37. The quantitative estimate of drug-likeness (QED) is 0.454. The van der Waals surface area contributed by atoms with E-state index in [0.717, 1.165) is 0 Å². The summed E-state index contributed by atoms with van der Waals surface area (Å²) in [5.41, 5.74) is 0. The Morgan fingerprint density at radius 3 is 1.50 bits per heavy atom. The van der Waals surface area contributed by atoms with Gasteiger partial charge < -0.3 is 9.47 Å². The van der Waals surface area contributed by atoms with Crippen molar-refractivity contribution in [1.29, 1.82) is 0 Å². The Labute approximate surface area is 84.6 Å². The van der Waals surface area contributed by atoms with Gasteiger partial charge in [0.2, 0.25) is 6.29 Å². The van der Waals surface area contributed by atoms with Gasteiger partial charge in [-0.25, -0.2) is 0 Å². The Balaban J connectivity index is 0. The van der Waals surface area contributed by atoms with Crippen molar-refractivity contribution >= 4 is 23.6 Å². The molecule has 0 atom stereocenters. The van der Waals surface area contributed by atoms with Crippen LogP contribution in [0.2, 0.25) is 0 Å². The van der Waals surface area contributed by atoms with Crippen LogP contribution in [0.3, 0.4) is 0 Å². The SMILES string of the molecule is CC(C)OC([C]=O)OC(C)C.[AlH3]. The highest BCUT2D eigenvalue weighted by atomic mass is 27.0. The van der Waals surface area contributed by atoms with Gasteiger partial charge in [0, 0.05) is 0 Å². The second-order valence-electron chi connectivity index (χ2n) is 2.82. The van der Waals surface area contributed by atoms with Crippen LogP contribution in [0, 0.1) is 0 Å². The van der Waals surface area contributed by atoms with Crippen molar-refractivity contribution in [3.63, 3.8) is 0 Å². The summed E-state index contributed by atoms with van der Waals surface area (Å²) >= 11 is 0. The zero-order chi connectivity index (χ0) is 8.85. The van der Waals surface area contributed by atoms with Crippen LogP contribution < -0.4 is 0 Å². The summed E-state index contributed by atoms with van der Waals surface area (Å²) in [5, 5.41) is 0. The molecule has 0 N–H and O–H groups in total. The number of ether oxygens (including phenoxy) is 2. The maximum atomic E-state index is 10.2. The summed E-state index contributed by atoms with van der Waals surface area (Å²) in [5.74, 6) is 0. The molecule has 0 bridgehead atoms. The summed E-state index contributed by atoms with van der Waals surface area (Å²) in [6, 6.07) is 0. The van der Waals surface area contributed by atoms with Crippen molar-refractivity contribution in [3.05, 3.63) is 0 Å². The summed E-state index contributed by atoms with van der Waals surface area (Å²) < 4.78 is 10.1. The molecule has 0 fully saturated rings. The third kappa shape index (κ3) is 8.22. The fourth-order valence-electron chi connectivity index (χ4n) is 0.582. The monoisotopic (exact) mass is 189 g/mol. The smallest absolute Gasteiger partial charge is 0.259 e. The highest BCUT2D eigenvalue weighted by Gasteiger charge is 2.12. The normalized spacial score (nSPS) is 10.6. The molecule has 4 heteroatoms. The van der Waals surface area contributed by atoms with Crippen molar-refractivity contribution in [1.82, 2.24) is 0 Å². The maximum Gasteiger partial charge on any atom is 0.259 e. The molecule has 0 saturated carbocycles. The van der Waals surface area contributed by atoms with Gasteiger partial charge in [-0.3, -0.25) is 4.79 Å². The first-order valence-corrected chi connectivity index (χ1v) is 3.75. The van der Waals surface area contributed by atoms with Gasteiger partial charge in [-0.05, 0) is 27.7 Å². The molecule has 0 aliphatic carbocycles. The Morgan fingerprint density at radius 1 is 1.00 bits per heavy atom. The molecule has 0 aromatic rings. The molecule has 0 heterocycles. The van der Waals surface area contributed by atoms with Gasteiger partial charge in [-0.2, -0.15) is 0 Å². The van der Waals surface area contributed by atoms with Crippen LogP contribution in [0.5, 0.6) is 0 Å². The van der Waals surface area contributed by atoms with Gasteiger partial charge in [0.25, 0.3) is 6.29 Å². The molecule has 0 aliphatic heterocycles. The predicted molar refractivity (Wildman–Crippen MR) is 51.9 cm³/mol. The van der Waals surface area contributed by atoms with Crippen LogP contribution in [0.4, 0.5) is 0 Å². The van der Waals surface area contributed by atoms with Crippen molar-refractivity contribution in [2.45, 2.75) is 46.2 Å². The van der Waals surface area contributed by atoms with Crippen LogP contribution in [0.25, 0.3) is 0 Å². The van der Waals surface area contributed by atoms with Crippen LogP contribution in [-0.4, -0.2) is 42.1 Å². The first kappa shape index (κ1) is 14.6. The Hall–Kier alpha value is 0.122. The molecular formula is C8H18AlO3. The topological polar surface area (TPSA) is 35.5 Å². The standard InChI is InChI=1S/C8H15O3.Al.3H/c1-6(2)10-8(5-9)11-7(3)4;;;;/h6-8H,1-4H3;;;;. The number of hydrogen-bond acceptors (Lipinski definition) is 3. The molecule has 1 radical (unpaired) electrons. The third-order valence-corrected chi connectivity index (χ3v) is 0.888. The molecule has 0 aromatic heterocycles. The minimum absolute atomic E-state index is 0. The van der Waals surface area contributed by atoms with Crippen molar-refractivity contribution < 1.29 is 14.3 Å². The molecule has 12 heavy (non-hydrogen) atoms. The van der Waals surface area contributed by atoms with Gasteiger partial charge in [0.1, 0.15) is 0 Å². The van der Waals surface area contributed by atoms with Gasteiger partial charge >= 0.3 is 0 Å². The Morgan fingerprint density at radius 2 is 1.33 bits per heavy atom. The van der Waals surface area contributed by atoms with Crippen molar-refractivity contribution in [3.8, 4) is 0 Å². The van der Waals surface area contributed by atoms with Gasteiger partial charge in [-0.15, -0.1) is 0 Å². The summed E-state index contributed by atoms with van der Waals surface area (Å²) in [7, 11) is 0. The lowest BCUT2D eigenvalue weighted by atomic mass is 10.4. The second kappa shape index (κ2) is 7.76. The van der Waals surface area contributed by atoms with Crippen LogP contribution in [0.15, 0.2) is 0 Å². The van der Waals surface area contributed by atoms with E-state index in [9.17, 15) is 4.79 Å². The maximum absolute atomic E-state index is 10.2. The van der Waals surface area contributed by atoms with E-state index < -0.39 is 6.29 Å². The Bertz CT molecular complexity index is 105. The van der Waals surface area contributed by atoms with E-state index in [1.54, 1.807) is 6.29 Å². The lowest BCUT2D eigenvalue weighted by Gasteiger charge is -2.16. The van der Waals surface area contributed by atoms with Gasteiger partial charge in [0.15, 0.2) is 17.4 Å². The fourth-order valence-corrected chi connectivity index (χ4v) is 0.582. The van der Waals surface area contributed by atoms with E-state index in [0.29, 0.717) is 0 Å². The molecule has 71 valence electrons. The third-order valence-electron chi connectivity index (χ3n) is 0.888. The summed E-state index contributed by atoms with van der Waals surface area (Å²) in [4.78, 5) is 10.2. The second-order valence-corrected chi connectivity index (χ2v) is 2.82.